The summed E-state index contributed by atoms with van der Waals surface area (Å²) in [6, 6.07) is 3.86. The molecule has 0 saturated heterocycles. The summed E-state index contributed by atoms with van der Waals surface area (Å²) in [4.78, 5) is 4.76. The predicted octanol–water partition coefficient (Wildman–Crippen LogP) is 4.12. The number of nitrogens with one attached hydrogen (secondary N) is 1. The summed E-state index contributed by atoms with van der Waals surface area (Å²) in [6.07, 6.45) is 0. The first-order chi connectivity index (χ1) is 10.0. The van der Waals surface area contributed by atoms with E-state index >= 15 is 0 Å². The third-order valence-electron chi connectivity index (χ3n) is 3.64. The number of nitrogens with zero attached hydrogens (tertiary/aromatic N) is 1. The zero-order chi connectivity index (χ0) is 15.6. The van der Waals surface area contributed by atoms with Gasteiger partial charge in [-0.05, 0) is 25.3 Å². The van der Waals surface area contributed by atoms with Crippen molar-refractivity contribution in [3.63, 3.8) is 0 Å². The van der Waals surface area contributed by atoms with Gasteiger partial charge in [-0.2, -0.15) is 0 Å². The molecule has 0 atom stereocenters. The van der Waals surface area contributed by atoms with Gasteiger partial charge in [0.1, 0.15) is 11.5 Å². The fourth-order valence-electron chi connectivity index (χ4n) is 2.82. The highest BCUT2D eigenvalue weighted by atomic mass is 16.5. The minimum absolute atomic E-state index is 0.391. The lowest BCUT2D eigenvalue weighted by atomic mass is 9.96. The highest BCUT2D eigenvalue weighted by molar-refractivity contribution is 5.99. The van der Waals surface area contributed by atoms with E-state index in [2.05, 4.69) is 33.0 Å². The number of methoxy groups -OCH3 is 2. The number of aromatic nitrogens is 1. The molecular formula is C17H24N2O2. The van der Waals surface area contributed by atoms with Crippen molar-refractivity contribution in [1.82, 2.24) is 4.98 Å². The molecule has 0 bridgehead atoms. The van der Waals surface area contributed by atoms with Crippen molar-refractivity contribution in [1.29, 1.82) is 0 Å². The van der Waals surface area contributed by atoms with Gasteiger partial charge in [0.05, 0.1) is 30.8 Å². The Hall–Kier alpha value is -1.97. The molecule has 0 fully saturated rings. The first-order valence-corrected chi connectivity index (χ1v) is 7.33. The Labute approximate surface area is 126 Å². The largest absolute Gasteiger partial charge is 0.497 e. The molecule has 2 aromatic rings. The number of pyridine rings is 1. The van der Waals surface area contributed by atoms with Crippen LogP contribution >= 0.6 is 0 Å². The lowest BCUT2D eigenvalue weighted by Gasteiger charge is -2.20. The van der Waals surface area contributed by atoms with E-state index in [4.69, 9.17) is 14.5 Å². The van der Waals surface area contributed by atoms with Gasteiger partial charge in [-0.25, -0.2) is 0 Å². The van der Waals surface area contributed by atoms with Gasteiger partial charge in [-0.3, -0.25) is 4.98 Å². The van der Waals surface area contributed by atoms with Gasteiger partial charge in [-0.15, -0.1) is 0 Å². The SMILES string of the molecule is CCNc1c(C(C)C)c(C)nc2cc(OC)cc(OC)c12. The Bertz CT molecular complexity index is 651. The van der Waals surface area contributed by atoms with Gasteiger partial charge < -0.3 is 14.8 Å². The van der Waals surface area contributed by atoms with E-state index < -0.39 is 0 Å². The van der Waals surface area contributed by atoms with Gasteiger partial charge in [0.15, 0.2) is 0 Å². The van der Waals surface area contributed by atoms with Gasteiger partial charge in [-0.1, -0.05) is 13.8 Å². The summed E-state index contributed by atoms with van der Waals surface area (Å²) in [5.74, 6) is 1.93. The molecule has 1 heterocycles. The molecule has 1 aromatic carbocycles. The van der Waals surface area contributed by atoms with Crippen LogP contribution in [-0.4, -0.2) is 25.7 Å². The fraction of sp³-hybridized carbons (Fsp3) is 0.471. The molecule has 1 aromatic heterocycles. The second-order valence-corrected chi connectivity index (χ2v) is 5.39. The van der Waals surface area contributed by atoms with E-state index in [9.17, 15) is 0 Å². The van der Waals surface area contributed by atoms with Crippen LogP contribution in [0.25, 0.3) is 10.9 Å². The average molecular weight is 288 g/mol. The minimum Gasteiger partial charge on any atom is -0.497 e. The van der Waals surface area contributed by atoms with Gasteiger partial charge in [0.25, 0.3) is 0 Å². The molecule has 0 aliphatic carbocycles. The van der Waals surface area contributed by atoms with Crippen LogP contribution < -0.4 is 14.8 Å². The van der Waals surface area contributed by atoms with Crippen LogP contribution in [-0.2, 0) is 0 Å². The van der Waals surface area contributed by atoms with E-state index in [-0.39, 0.29) is 0 Å². The summed E-state index contributed by atoms with van der Waals surface area (Å²) in [7, 11) is 3.33. The summed E-state index contributed by atoms with van der Waals surface area (Å²) in [5, 5.41) is 4.52. The third kappa shape index (κ3) is 2.75. The zero-order valence-corrected chi connectivity index (χ0v) is 13.7. The maximum atomic E-state index is 5.57. The smallest absolute Gasteiger partial charge is 0.134 e. The maximum Gasteiger partial charge on any atom is 0.134 e. The molecule has 2 rings (SSSR count). The van der Waals surface area contributed by atoms with Crippen LogP contribution in [0.15, 0.2) is 12.1 Å². The van der Waals surface area contributed by atoms with Gasteiger partial charge in [0.2, 0.25) is 0 Å². The number of fused-ring (bicyclic) bond motifs is 1. The van der Waals surface area contributed by atoms with Crippen molar-refractivity contribution in [2.24, 2.45) is 0 Å². The Morgan fingerprint density at radius 1 is 1.19 bits per heavy atom. The van der Waals surface area contributed by atoms with Crippen molar-refractivity contribution in [3.05, 3.63) is 23.4 Å². The Balaban J connectivity index is 2.89. The average Bonchev–Trinajstić information content (AvgIpc) is 2.45. The quantitative estimate of drug-likeness (QED) is 0.899. The van der Waals surface area contributed by atoms with Crippen molar-refractivity contribution in [3.8, 4) is 11.5 Å². The lowest BCUT2D eigenvalue weighted by Crippen LogP contribution is -2.07. The summed E-state index contributed by atoms with van der Waals surface area (Å²) in [5.41, 5.74) is 4.30. The third-order valence-corrected chi connectivity index (χ3v) is 3.64. The first kappa shape index (κ1) is 15.4. The number of hydrogen-bond acceptors (Lipinski definition) is 4. The fourth-order valence-corrected chi connectivity index (χ4v) is 2.82. The molecule has 0 aliphatic heterocycles. The molecule has 0 saturated carbocycles. The van der Waals surface area contributed by atoms with Crippen LogP contribution in [0.2, 0.25) is 0 Å². The van der Waals surface area contributed by atoms with E-state index in [1.54, 1.807) is 14.2 Å². The number of anilines is 1. The molecule has 4 nitrogen and oxygen atoms in total. The molecule has 0 unspecified atom stereocenters. The molecule has 0 radical (unpaired) electrons. The molecule has 0 amide bonds. The van der Waals surface area contributed by atoms with Crippen molar-refractivity contribution in [2.45, 2.75) is 33.6 Å². The Kier molecular flexibility index (Phi) is 4.56. The molecule has 21 heavy (non-hydrogen) atoms. The second kappa shape index (κ2) is 6.20. The van der Waals surface area contributed by atoms with E-state index in [1.807, 2.05) is 12.1 Å². The zero-order valence-electron chi connectivity index (χ0n) is 13.7. The van der Waals surface area contributed by atoms with Crippen LogP contribution in [0.5, 0.6) is 11.5 Å². The van der Waals surface area contributed by atoms with Gasteiger partial charge in [0, 0.05) is 24.4 Å². The monoisotopic (exact) mass is 288 g/mol. The number of rotatable bonds is 5. The number of hydrogen-bond donors (Lipinski definition) is 1. The van der Waals surface area contributed by atoms with E-state index in [0.29, 0.717) is 5.92 Å². The summed E-state index contributed by atoms with van der Waals surface area (Å²) >= 11 is 0. The summed E-state index contributed by atoms with van der Waals surface area (Å²) in [6.45, 7) is 9.39. The van der Waals surface area contributed by atoms with Crippen molar-refractivity contribution < 1.29 is 9.47 Å². The van der Waals surface area contributed by atoms with Crippen LogP contribution in [0, 0.1) is 6.92 Å². The van der Waals surface area contributed by atoms with Gasteiger partial charge >= 0.3 is 0 Å². The number of ether oxygens (including phenoxy) is 2. The normalized spacial score (nSPS) is 11.0. The lowest BCUT2D eigenvalue weighted by molar-refractivity contribution is 0.398. The predicted molar refractivity (Wildman–Crippen MR) is 87.8 cm³/mol. The van der Waals surface area contributed by atoms with Crippen LogP contribution in [0.1, 0.15) is 37.9 Å². The first-order valence-electron chi connectivity index (χ1n) is 7.33. The number of aryl methyl sites for hydroxylation is 1. The number of benzene rings is 1. The Morgan fingerprint density at radius 3 is 2.43 bits per heavy atom. The van der Waals surface area contributed by atoms with Crippen LogP contribution in [0.4, 0.5) is 5.69 Å². The van der Waals surface area contributed by atoms with Crippen LogP contribution in [0.3, 0.4) is 0 Å². The standard InChI is InChI=1S/C17H24N2O2/c1-7-18-17-15(10(2)3)11(4)19-13-8-12(20-5)9-14(21-6)16(13)17/h8-10H,7H2,1-6H3,(H,18,19). The molecule has 1 N–H and O–H groups in total. The Morgan fingerprint density at radius 2 is 1.90 bits per heavy atom. The minimum atomic E-state index is 0.391. The maximum absolute atomic E-state index is 5.57. The molecule has 0 aliphatic rings. The van der Waals surface area contributed by atoms with E-state index in [0.717, 1.165) is 40.3 Å². The highest BCUT2D eigenvalue weighted by Gasteiger charge is 2.19. The van der Waals surface area contributed by atoms with Crippen molar-refractivity contribution >= 4 is 16.6 Å². The molecule has 4 heteroatoms. The molecule has 114 valence electrons. The summed E-state index contributed by atoms with van der Waals surface area (Å²) < 4.78 is 10.9. The topological polar surface area (TPSA) is 43.4 Å². The van der Waals surface area contributed by atoms with Crippen molar-refractivity contribution in [2.75, 3.05) is 26.1 Å². The molecular weight excluding hydrogens is 264 g/mol. The van der Waals surface area contributed by atoms with E-state index in [1.165, 1.54) is 5.56 Å². The highest BCUT2D eigenvalue weighted by Crippen LogP contribution is 2.40. The second-order valence-electron chi connectivity index (χ2n) is 5.39. The molecule has 0 spiro atoms.